The lowest BCUT2D eigenvalue weighted by Gasteiger charge is -2.09. The smallest absolute Gasteiger partial charge is 0.152 e. The second-order valence-electron chi connectivity index (χ2n) is 3.26. The molecule has 1 fully saturated rings. The van der Waals surface area contributed by atoms with Gasteiger partial charge in [-0.05, 0) is 17.9 Å². The minimum absolute atomic E-state index is 0.111. The van der Waals surface area contributed by atoms with Crippen LogP contribution in [0.5, 0.6) is 0 Å². The van der Waals surface area contributed by atoms with Gasteiger partial charge in [-0.2, -0.15) is 11.3 Å². The highest BCUT2D eigenvalue weighted by Crippen LogP contribution is 2.19. The molecule has 72 valence electrons. The van der Waals surface area contributed by atoms with Gasteiger partial charge in [-0.15, -0.1) is 0 Å². The Labute approximate surface area is 81.7 Å². The first-order valence-electron chi connectivity index (χ1n) is 4.15. The van der Waals surface area contributed by atoms with Crippen molar-refractivity contribution in [3.63, 3.8) is 0 Å². The van der Waals surface area contributed by atoms with Gasteiger partial charge in [0, 0.05) is 17.1 Å². The molecule has 0 amide bonds. The van der Waals surface area contributed by atoms with E-state index in [-0.39, 0.29) is 11.8 Å². The SMILES string of the molecule is O=S1(=O)CCC(Nc2ccsc2)C1. The molecule has 2 heterocycles. The normalized spacial score (nSPS) is 26.0. The lowest BCUT2D eigenvalue weighted by molar-refractivity contribution is 0.602. The van der Waals surface area contributed by atoms with Crippen LogP contribution in [0.15, 0.2) is 16.8 Å². The fourth-order valence-corrected chi connectivity index (χ4v) is 3.76. The molecule has 0 radical (unpaired) electrons. The molecule has 0 saturated carbocycles. The zero-order chi connectivity index (χ0) is 9.31. The number of rotatable bonds is 2. The minimum Gasteiger partial charge on any atom is -0.381 e. The van der Waals surface area contributed by atoms with Crippen molar-refractivity contribution in [2.45, 2.75) is 12.5 Å². The van der Waals surface area contributed by atoms with E-state index >= 15 is 0 Å². The summed E-state index contributed by atoms with van der Waals surface area (Å²) in [6.07, 6.45) is 0.734. The summed E-state index contributed by atoms with van der Waals surface area (Å²) < 4.78 is 22.3. The molecule has 0 spiro atoms. The van der Waals surface area contributed by atoms with E-state index in [1.807, 2.05) is 16.8 Å². The van der Waals surface area contributed by atoms with Crippen LogP contribution >= 0.6 is 11.3 Å². The average Bonchev–Trinajstić information content (AvgIpc) is 2.61. The lowest BCUT2D eigenvalue weighted by Crippen LogP contribution is -2.19. The maximum absolute atomic E-state index is 11.1. The van der Waals surface area contributed by atoms with E-state index < -0.39 is 9.84 Å². The molecule has 1 aliphatic heterocycles. The van der Waals surface area contributed by atoms with Crippen LogP contribution in [0.3, 0.4) is 0 Å². The van der Waals surface area contributed by atoms with Gasteiger partial charge in [-0.25, -0.2) is 8.42 Å². The van der Waals surface area contributed by atoms with Crippen molar-refractivity contribution in [1.29, 1.82) is 0 Å². The number of hydrogen-bond donors (Lipinski definition) is 1. The number of nitrogens with one attached hydrogen (secondary N) is 1. The second kappa shape index (κ2) is 3.31. The minimum atomic E-state index is -2.76. The molecule has 1 unspecified atom stereocenters. The Hall–Kier alpha value is -0.550. The van der Waals surface area contributed by atoms with E-state index in [1.54, 1.807) is 11.3 Å². The first-order chi connectivity index (χ1) is 6.16. The van der Waals surface area contributed by atoms with E-state index in [4.69, 9.17) is 0 Å². The molecular weight excluding hydrogens is 206 g/mol. The van der Waals surface area contributed by atoms with Gasteiger partial charge in [0.15, 0.2) is 9.84 Å². The van der Waals surface area contributed by atoms with Crippen molar-refractivity contribution in [3.8, 4) is 0 Å². The Morgan fingerprint density at radius 2 is 2.38 bits per heavy atom. The standard InChI is InChI=1S/C8H11NO2S2/c10-13(11)4-2-8(6-13)9-7-1-3-12-5-7/h1,3,5,8-9H,2,4,6H2. The Balaban J connectivity index is 1.99. The maximum atomic E-state index is 11.1. The molecule has 1 N–H and O–H groups in total. The Morgan fingerprint density at radius 1 is 1.54 bits per heavy atom. The molecular formula is C8H11NO2S2. The van der Waals surface area contributed by atoms with E-state index in [0.717, 1.165) is 12.1 Å². The molecule has 0 aliphatic carbocycles. The summed E-state index contributed by atoms with van der Waals surface area (Å²) in [6.45, 7) is 0. The molecule has 1 aliphatic rings. The second-order valence-corrected chi connectivity index (χ2v) is 6.27. The third kappa shape index (κ3) is 2.22. The third-order valence-corrected chi connectivity index (χ3v) is 4.58. The Morgan fingerprint density at radius 3 is 2.92 bits per heavy atom. The van der Waals surface area contributed by atoms with E-state index in [1.165, 1.54) is 0 Å². The van der Waals surface area contributed by atoms with Gasteiger partial charge >= 0.3 is 0 Å². The van der Waals surface area contributed by atoms with Crippen molar-refractivity contribution < 1.29 is 8.42 Å². The summed E-state index contributed by atoms with van der Waals surface area (Å²) in [7, 11) is -2.76. The highest BCUT2D eigenvalue weighted by atomic mass is 32.2. The van der Waals surface area contributed by atoms with Crippen LogP contribution < -0.4 is 5.32 Å². The lowest BCUT2D eigenvalue weighted by atomic mass is 10.2. The number of sulfone groups is 1. The van der Waals surface area contributed by atoms with Crippen molar-refractivity contribution in [2.75, 3.05) is 16.8 Å². The zero-order valence-corrected chi connectivity index (χ0v) is 8.70. The summed E-state index contributed by atoms with van der Waals surface area (Å²) in [6, 6.07) is 2.08. The molecule has 1 aromatic rings. The topological polar surface area (TPSA) is 46.2 Å². The van der Waals surface area contributed by atoms with Crippen LogP contribution in [0, 0.1) is 0 Å². The molecule has 2 rings (SSSR count). The number of anilines is 1. The van der Waals surface area contributed by atoms with Crippen LogP contribution in [-0.4, -0.2) is 26.0 Å². The largest absolute Gasteiger partial charge is 0.381 e. The van der Waals surface area contributed by atoms with Crippen LogP contribution in [-0.2, 0) is 9.84 Å². The first kappa shape index (κ1) is 9.02. The van der Waals surface area contributed by atoms with Crippen molar-refractivity contribution in [2.24, 2.45) is 0 Å². The number of thiophene rings is 1. The summed E-state index contributed by atoms with van der Waals surface area (Å²) in [4.78, 5) is 0. The van der Waals surface area contributed by atoms with Gasteiger partial charge < -0.3 is 5.32 Å². The van der Waals surface area contributed by atoms with E-state index in [0.29, 0.717) is 5.75 Å². The monoisotopic (exact) mass is 217 g/mol. The van der Waals surface area contributed by atoms with Gasteiger partial charge in [0.2, 0.25) is 0 Å². The molecule has 1 saturated heterocycles. The Bertz CT molecular complexity index is 369. The van der Waals surface area contributed by atoms with E-state index in [9.17, 15) is 8.42 Å². The van der Waals surface area contributed by atoms with Crippen molar-refractivity contribution in [1.82, 2.24) is 0 Å². The van der Waals surface area contributed by atoms with E-state index in [2.05, 4.69) is 5.32 Å². The van der Waals surface area contributed by atoms with Gasteiger partial charge in [-0.1, -0.05) is 0 Å². The van der Waals surface area contributed by atoms with Gasteiger partial charge in [0.25, 0.3) is 0 Å². The molecule has 3 nitrogen and oxygen atoms in total. The summed E-state index contributed by atoms with van der Waals surface area (Å²) in [5.74, 6) is 0.609. The Kier molecular flexibility index (Phi) is 2.29. The fraction of sp³-hybridized carbons (Fsp3) is 0.500. The average molecular weight is 217 g/mol. The van der Waals surface area contributed by atoms with Gasteiger partial charge in [0.05, 0.1) is 11.5 Å². The maximum Gasteiger partial charge on any atom is 0.152 e. The quantitative estimate of drug-likeness (QED) is 0.813. The summed E-state index contributed by atoms with van der Waals surface area (Å²) in [5, 5.41) is 7.18. The van der Waals surface area contributed by atoms with Crippen LogP contribution in [0.25, 0.3) is 0 Å². The first-order valence-corrected chi connectivity index (χ1v) is 6.91. The molecule has 1 aromatic heterocycles. The third-order valence-electron chi connectivity index (χ3n) is 2.12. The van der Waals surface area contributed by atoms with Gasteiger partial charge in [0.1, 0.15) is 0 Å². The molecule has 1 atom stereocenters. The molecule has 0 bridgehead atoms. The van der Waals surface area contributed by atoms with Crippen molar-refractivity contribution >= 4 is 26.9 Å². The highest BCUT2D eigenvalue weighted by molar-refractivity contribution is 7.91. The zero-order valence-electron chi connectivity index (χ0n) is 7.06. The molecule has 13 heavy (non-hydrogen) atoms. The fourth-order valence-electron chi connectivity index (χ4n) is 1.49. The van der Waals surface area contributed by atoms with Crippen LogP contribution in [0.1, 0.15) is 6.42 Å². The van der Waals surface area contributed by atoms with Crippen LogP contribution in [0.4, 0.5) is 5.69 Å². The highest BCUT2D eigenvalue weighted by Gasteiger charge is 2.27. The summed E-state index contributed by atoms with van der Waals surface area (Å²) >= 11 is 1.61. The predicted molar refractivity (Wildman–Crippen MR) is 55.0 cm³/mol. The van der Waals surface area contributed by atoms with Gasteiger partial charge in [-0.3, -0.25) is 0 Å². The predicted octanol–water partition coefficient (Wildman–Crippen LogP) is 1.35. The molecule has 0 aromatic carbocycles. The van der Waals surface area contributed by atoms with Crippen LogP contribution in [0.2, 0.25) is 0 Å². The molecule has 5 heteroatoms. The van der Waals surface area contributed by atoms with Crippen molar-refractivity contribution in [3.05, 3.63) is 16.8 Å². The number of hydrogen-bond acceptors (Lipinski definition) is 4. The summed E-state index contributed by atoms with van der Waals surface area (Å²) in [5.41, 5.74) is 1.03.